The van der Waals surface area contributed by atoms with Crippen molar-refractivity contribution in [1.29, 1.82) is 0 Å². The highest BCUT2D eigenvalue weighted by Gasteiger charge is 2.06. The van der Waals surface area contributed by atoms with Crippen LogP contribution < -0.4 is 15.5 Å². The van der Waals surface area contributed by atoms with Gasteiger partial charge in [0.15, 0.2) is 5.96 Å². The van der Waals surface area contributed by atoms with Crippen LogP contribution in [0.1, 0.15) is 16.7 Å². The molecule has 0 unspecified atom stereocenters. The maximum absolute atomic E-state index is 5.80. The summed E-state index contributed by atoms with van der Waals surface area (Å²) in [5.41, 5.74) is 4.85. The highest BCUT2D eigenvalue weighted by atomic mass is 35.5. The summed E-state index contributed by atoms with van der Waals surface area (Å²) in [6, 6.07) is 10.3. The third-order valence-corrected chi connectivity index (χ3v) is 4.11. The van der Waals surface area contributed by atoms with Crippen LogP contribution in [0.5, 0.6) is 0 Å². The first-order chi connectivity index (χ1) is 12.0. The Morgan fingerprint density at radius 2 is 2.00 bits per heavy atom. The van der Waals surface area contributed by atoms with Gasteiger partial charge in [-0.25, -0.2) is 4.98 Å². The maximum Gasteiger partial charge on any atom is 0.191 e. The first-order valence-electron chi connectivity index (χ1n) is 8.31. The van der Waals surface area contributed by atoms with Crippen LogP contribution in [-0.2, 0) is 13.0 Å². The first kappa shape index (κ1) is 19.1. The number of nitrogens with one attached hydrogen (secondary N) is 2. The quantitative estimate of drug-likeness (QED) is 0.473. The van der Waals surface area contributed by atoms with E-state index in [9.17, 15) is 0 Å². The van der Waals surface area contributed by atoms with Gasteiger partial charge in [0.25, 0.3) is 0 Å². The Balaban J connectivity index is 1.87. The Morgan fingerprint density at radius 3 is 2.64 bits per heavy atom. The molecule has 0 radical (unpaired) electrons. The lowest BCUT2D eigenvalue weighted by molar-refractivity contribution is 0.792. The molecule has 0 bridgehead atoms. The minimum absolute atomic E-state index is 0.518. The van der Waals surface area contributed by atoms with Gasteiger partial charge >= 0.3 is 0 Å². The summed E-state index contributed by atoms with van der Waals surface area (Å²) in [6.45, 7) is 3.60. The molecule has 1 aromatic heterocycles. The van der Waals surface area contributed by atoms with E-state index in [-0.39, 0.29) is 0 Å². The zero-order valence-electron chi connectivity index (χ0n) is 15.3. The van der Waals surface area contributed by atoms with Crippen LogP contribution in [0.4, 0.5) is 5.69 Å². The van der Waals surface area contributed by atoms with Gasteiger partial charge in [-0.05, 0) is 42.2 Å². The van der Waals surface area contributed by atoms with Crippen LogP contribution in [0.3, 0.4) is 0 Å². The Hall–Kier alpha value is -2.27. The molecule has 0 aliphatic heterocycles. The number of nitrogens with zero attached hydrogens (tertiary/aromatic N) is 3. The number of rotatable bonds is 6. The molecule has 2 N–H and O–H groups in total. The van der Waals surface area contributed by atoms with E-state index < -0.39 is 0 Å². The van der Waals surface area contributed by atoms with E-state index in [0.29, 0.717) is 5.15 Å². The molecule has 25 heavy (non-hydrogen) atoms. The summed E-state index contributed by atoms with van der Waals surface area (Å²) >= 11 is 5.80. The van der Waals surface area contributed by atoms with Crippen LogP contribution in [-0.4, -0.2) is 38.6 Å². The van der Waals surface area contributed by atoms with Crippen molar-refractivity contribution in [2.45, 2.75) is 19.9 Å². The van der Waals surface area contributed by atoms with Crippen LogP contribution in [0.2, 0.25) is 5.15 Å². The van der Waals surface area contributed by atoms with Crippen molar-refractivity contribution in [2.75, 3.05) is 32.6 Å². The molecule has 6 heteroatoms. The minimum Gasteiger partial charge on any atom is -0.377 e. The molecule has 0 fully saturated rings. The number of benzene rings is 1. The van der Waals surface area contributed by atoms with Crippen molar-refractivity contribution < 1.29 is 0 Å². The van der Waals surface area contributed by atoms with Crippen LogP contribution in [0.25, 0.3) is 0 Å². The van der Waals surface area contributed by atoms with Crippen molar-refractivity contribution in [3.8, 4) is 0 Å². The lowest BCUT2D eigenvalue weighted by Gasteiger charge is -2.19. The molecule has 1 heterocycles. The number of guanidine groups is 1. The van der Waals surface area contributed by atoms with Gasteiger partial charge in [-0.1, -0.05) is 29.8 Å². The van der Waals surface area contributed by atoms with Gasteiger partial charge in [0, 0.05) is 46.1 Å². The molecule has 0 saturated heterocycles. The number of halogens is 1. The molecule has 0 spiro atoms. The Kier molecular flexibility index (Phi) is 7.07. The molecule has 0 amide bonds. The van der Waals surface area contributed by atoms with E-state index in [0.717, 1.165) is 31.0 Å². The van der Waals surface area contributed by atoms with Crippen LogP contribution in [0, 0.1) is 6.92 Å². The molecule has 134 valence electrons. The summed E-state index contributed by atoms with van der Waals surface area (Å²) in [4.78, 5) is 10.5. The molecule has 0 saturated carbocycles. The number of pyridine rings is 1. The summed E-state index contributed by atoms with van der Waals surface area (Å²) in [5, 5.41) is 7.22. The zero-order chi connectivity index (χ0) is 18.2. The number of hydrogen-bond acceptors (Lipinski definition) is 3. The average Bonchev–Trinajstić information content (AvgIpc) is 2.60. The van der Waals surface area contributed by atoms with Crippen LogP contribution in [0.15, 0.2) is 41.5 Å². The van der Waals surface area contributed by atoms with E-state index in [1.165, 1.54) is 16.8 Å². The van der Waals surface area contributed by atoms with Gasteiger partial charge in [-0.3, -0.25) is 4.99 Å². The largest absolute Gasteiger partial charge is 0.377 e. The number of anilines is 1. The summed E-state index contributed by atoms with van der Waals surface area (Å²) in [5.74, 6) is 0.784. The van der Waals surface area contributed by atoms with Gasteiger partial charge in [-0.15, -0.1) is 0 Å². The third kappa shape index (κ3) is 5.94. The lowest BCUT2D eigenvalue weighted by Crippen LogP contribution is -2.38. The highest BCUT2D eigenvalue weighted by molar-refractivity contribution is 6.29. The van der Waals surface area contributed by atoms with E-state index in [2.05, 4.69) is 64.7 Å². The SMILES string of the molecule is CN=C(NCCc1ccc(Cl)nc1)NCc1ccc(C)cc1N(C)C. The highest BCUT2D eigenvalue weighted by Crippen LogP contribution is 2.20. The zero-order valence-corrected chi connectivity index (χ0v) is 16.1. The first-order valence-corrected chi connectivity index (χ1v) is 8.69. The lowest BCUT2D eigenvalue weighted by atomic mass is 10.1. The van der Waals surface area contributed by atoms with Crippen LogP contribution >= 0.6 is 11.6 Å². The van der Waals surface area contributed by atoms with E-state index in [1.807, 2.05) is 12.1 Å². The Bertz CT molecular complexity index is 710. The molecular weight excluding hydrogens is 334 g/mol. The molecule has 2 rings (SSSR count). The van der Waals surface area contributed by atoms with Gasteiger partial charge in [0.05, 0.1) is 0 Å². The molecule has 5 nitrogen and oxygen atoms in total. The molecule has 0 aliphatic rings. The number of aliphatic imine (C=N–C) groups is 1. The fourth-order valence-corrected chi connectivity index (χ4v) is 2.63. The summed E-state index contributed by atoms with van der Waals surface area (Å²) < 4.78 is 0. The van der Waals surface area contributed by atoms with Crippen molar-refractivity contribution in [3.63, 3.8) is 0 Å². The van der Waals surface area contributed by atoms with Crippen molar-refractivity contribution in [2.24, 2.45) is 4.99 Å². The number of hydrogen-bond donors (Lipinski definition) is 2. The van der Waals surface area contributed by atoms with Gasteiger partial charge in [0.1, 0.15) is 5.15 Å². The minimum atomic E-state index is 0.518. The second-order valence-corrected chi connectivity index (χ2v) is 6.51. The molecule has 0 atom stereocenters. The fourth-order valence-electron chi connectivity index (χ4n) is 2.52. The topological polar surface area (TPSA) is 52.6 Å². The fraction of sp³-hybridized carbons (Fsp3) is 0.368. The van der Waals surface area contributed by atoms with Gasteiger partial charge in [0.2, 0.25) is 0 Å². The van der Waals surface area contributed by atoms with E-state index in [4.69, 9.17) is 11.6 Å². The van der Waals surface area contributed by atoms with Crippen molar-refractivity contribution in [3.05, 3.63) is 58.4 Å². The third-order valence-electron chi connectivity index (χ3n) is 3.89. The molecule has 1 aromatic carbocycles. The van der Waals surface area contributed by atoms with Crippen molar-refractivity contribution >= 4 is 23.2 Å². The van der Waals surface area contributed by atoms with Crippen molar-refractivity contribution in [1.82, 2.24) is 15.6 Å². The van der Waals surface area contributed by atoms with Gasteiger partial charge in [-0.2, -0.15) is 0 Å². The summed E-state index contributed by atoms with van der Waals surface area (Å²) in [6.07, 6.45) is 2.66. The molecule has 0 aliphatic carbocycles. The number of aryl methyl sites for hydroxylation is 1. The molecular formula is C19H26ClN5. The average molecular weight is 360 g/mol. The standard InChI is InChI=1S/C19H26ClN5/c1-14-5-7-16(17(11-14)25(3)4)13-24-19(21-2)22-10-9-15-6-8-18(20)23-12-15/h5-8,11-12H,9-10,13H2,1-4H3,(H2,21,22,24). The molecule has 2 aromatic rings. The second-order valence-electron chi connectivity index (χ2n) is 6.12. The Morgan fingerprint density at radius 1 is 1.20 bits per heavy atom. The number of aromatic nitrogens is 1. The van der Waals surface area contributed by atoms with E-state index in [1.54, 1.807) is 13.2 Å². The van der Waals surface area contributed by atoms with Gasteiger partial charge < -0.3 is 15.5 Å². The second kappa shape index (κ2) is 9.28. The monoisotopic (exact) mass is 359 g/mol. The predicted octanol–water partition coefficient (Wildman–Crippen LogP) is 3.02. The summed E-state index contributed by atoms with van der Waals surface area (Å²) in [7, 11) is 5.90. The van der Waals surface area contributed by atoms with E-state index >= 15 is 0 Å². The maximum atomic E-state index is 5.80. The Labute approximate surface area is 155 Å². The normalized spacial score (nSPS) is 11.3. The smallest absolute Gasteiger partial charge is 0.191 e. The predicted molar refractivity (Wildman–Crippen MR) is 107 cm³/mol.